The van der Waals surface area contributed by atoms with Crippen LogP contribution in [-0.4, -0.2) is 64.9 Å². The zero-order valence-corrected chi connectivity index (χ0v) is 20.9. The quantitative estimate of drug-likeness (QED) is 0.435. The van der Waals surface area contributed by atoms with Crippen LogP contribution in [0.5, 0.6) is 28.7 Å². The number of anilines is 1. The Morgan fingerprint density at radius 3 is 2.32 bits per heavy atom. The van der Waals surface area contributed by atoms with E-state index in [1.807, 2.05) is 41.6 Å². The first-order valence-corrected chi connectivity index (χ1v) is 11.3. The third-order valence-electron chi connectivity index (χ3n) is 5.07. The molecule has 182 valence electrons. The summed E-state index contributed by atoms with van der Waals surface area (Å²) in [7, 11) is 9.75. The Bertz CT molecular complexity index is 1130. The number of thiazole rings is 1. The molecule has 0 fully saturated rings. The fraction of sp³-hybridized carbons (Fsp3) is 0.333. The molecule has 1 heterocycles. The van der Waals surface area contributed by atoms with Crippen molar-refractivity contribution in [3.63, 3.8) is 0 Å². The number of nitrogens with zero attached hydrogens (tertiary/aromatic N) is 2. The van der Waals surface area contributed by atoms with Crippen LogP contribution in [0.3, 0.4) is 0 Å². The van der Waals surface area contributed by atoms with E-state index in [0.717, 1.165) is 11.1 Å². The lowest BCUT2D eigenvalue weighted by atomic mass is 10.1. The molecule has 0 aliphatic heterocycles. The van der Waals surface area contributed by atoms with E-state index < -0.39 is 0 Å². The highest BCUT2D eigenvalue weighted by Crippen LogP contribution is 2.40. The Hall–Kier alpha value is -3.50. The Labute approximate surface area is 203 Å². The van der Waals surface area contributed by atoms with E-state index >= 15 is 0 Å². The standard InChI is InChI=1S/C24H29N3O6S/c1-27(12-15-7-10-19(30-3)23(33-6)22(15)32-5)13-21(28)26-24-25-18(14-34-24)17-9-8-16(29-2)11-20(17)31-4/h7-11,14H,12-13H2,1-6H3,(H,25,26,28). The third-order valence-corrected chi connectivity index (χ3v) is 5.83. The minimum absolute atomic E-state index is 0.165. The molecule has 0 saturated heterocycles. The Morgan fingerprint density at radius 1 is 0.941 bits per heavy atom. The second-order valence-electron chi connectivity index (χ2n) is 7.32. The number of ether oxygens (including phenoxy) is 5. The van der Waals surface area contributed by atoms with Gasteiger partial charge < -0.3 is 29.0 Å². The summed E-state index contributed by atoms with van der Waals surface area (Å²) in [6, 6.07) is 9.22. The van der Waals surface area contributed by atoms with Gasteiger partial charge >= 0.3 is 0 Å². The first-order valence-electron chi connectivity index (χ1n) is 10.4. The average Bonchev–Trinajstić information content (AvgIpc) is 3.30. The average molecular weight is 488 g/mol. The van der Waals surface area contributed by atoms with Crippen LogP contribution in [0.15, 0.2) is 35.7 Å². The van der Waals surface area contributed by atoms with Gasteiger partial charge in [0, 0.05) is 29.1 Å². The maximum atomic E-state index is 12.6. The summed E-state index contributed by atoms with van der Waals surface area (Å²) in [5.41, 5.74) is 2.40. The number of amides is 1. The number of methoxy groups -OCH3 is 5. The molecule has 0 unspecified atom stereocenters. The van der Waals surface area contributed by atoms with Crippen LogP contribution in [0.25, 0.3) is 11.3 Å². The van der Waals surface area contributed by atoms with Gasteiger partial charge in [-0.25, -0.2) is 4.98 Å². The zero-order chi connectivity index (χ0) is 24.7. The second-order valence-corrected chi connectivity index (χ2v) is 8.18. The molecular weight excluding hydrogens is 458 g/mol. The fourth-order valence-corrected chi connectivity index (χ4v) is 4.23. The SMILES string of the molecule is COc1ccc(-c2csc(NC(=O)CN(C)Cc3ccc(OC)c(OC)c3OC)n2)c(OC)c1. The van der Waals surface area contributed by atoms with Gasteiger partial charge in [0.1, 0.15) is 11.5 Å². The summed E-state index contributed by atoms with van der Waals surface area (Å²) in [6.45, 7) is 0.640. The summed E-state index contributed by atoms with van der Waals surface area (Å²) in [6.07, 6.45) is 0. The van der Waals surface area contributed by atoms with Crippen molar-refractivity contribution < 1.29 is 28.5 Å². The second kappa shape index (κ2) is 11.6. The number of hydrogen-bond donors (Lipinski definition) is 1. The number of carbonyl (C=O) groups excluding carboxylic acids is 1. The van der Waals surface area contributed by atoms with Crippen LogP contribution in [0.2, 0.25) is 0 Å². The summed E-state index contributed by atoms with van der Waals surface area (Å²) < 4.78 is 27.0. The van der Waals surface area contributed by atoms with Gasteiger partial charge in [0.15, 0.2) is 16.6 Å². The number of nitrogens with one attached hydrogen (secondary N) is 1. The highest BCUT2D eigenvalue weighted by Gasteiger charge is 2.18. The minimum atomic E-state index is -0.176. The van der Waals surface area contributed by atoms with Crippen LogP contribution in [0.1, 0.15) is 5.56 Å². The summed E-state index contributed by atoms with van der Waals surface area (Å²) in [4.78, 5) is 19.1. The van der Waals surface area contributed by atoms with E-state index in [9.17, 15) is 4.79 Å². The number of hydrogen-bond acceptors (Lipinski definition) is 9. The van der Waals surface area contributed by atoms with E-state index in [2.05, 4.69) is 10.3 Å². The highest BCUT2D eigenvalue weighted by molar-refractivity contribution is 7.14. The molecular formula is C24H29N3O6S. The molecule has 1 amide bonds. The number of likely N-dealkylation sites (N-methyl/N-ethyl adjacent to an activating group) is 1. The molecule has 0 atom stereocenters. The van der Waals surface area contributed by atoms with Gasteiger partial charge in [-0.05, 0) is 25.2 Å². The van der Waals surface area contributed by atoms with Crippen molar-refractivity contribution in [1.82, 2.24) is 9.88 Å². The van der Waals surface area contributed by atoms with Gasteiger partial charge in [0.2, 0.25) is 11.7 Å². The van der Waals surface area contributed by atoms with Crippen molar-refractivity contribution >= 4 is 22.4 Å². The van der Waals surface area contributed by atoms with Crippen LogP contribution in [0.4, 0.5) is 5.13 Å². The molecule has 10 heteroatoms. The summed E-state index contributed by atoms with van der Waals surface area (Å²) >= 11 is 1.35. The van der Waals surface area contributed by atoms with E-state index in [4.69, 9.17) is 23.7 Å². The first kappa shape index (κ1) is 25.1. The van der Waals surface area contributed by atoms with Crippen molar-refractivity contribution in [2.24, 2.45) is 0 Å². The number of rotatable bonds is 11. The lowest BCUT2D eigenvalue weighted by Gasteiger charge is -2.20. The highest BCUT2D eigenvalue weighted by atomic mass is 32.1. The van der Waals surface area contributed by atoms with Gasteiger partial charge in [-0.15, -0.1) is 11.3 Å². The van der Waals surface area contributed by atoms with Crippen molar-refractivity contribution in [2.75, 3.05) is 54.5 Å². The van der Waals surface area contributed by atoms with Gasteiger partial charge in [-0.2, -0.15) is 0 Å². The largest absolute Gasteiger partial charge is 0.497 e. The molecule has 2 aromatic carbocycles. The predicted molar refractivity (Wildman–Crippen MR) is 132 cm³/mol. The summed E-state index contributed by atoms with van der Waals surface area (Å²) in [5, 5.41) is 5.25. The molecule has 34 heavy (non-hydrogen) atoms. The van der Waals surface area contributed by atoms with Gasteiger partial charge in [-0.3, -0.25) is 9.69 Å². The maximum Gasteiger partial charge on any atom is 0.240 e. The molecule has 3 aromatic rings. The molecule has 1 aromatic heterocycles. The monoisotopic (exact) mass is 487 g/mol. The predicted octanol–water partition coefficient (Wildman–Crippen LogP) is 3.92. The molecule has 9 nitrogen and oxygen atoms in total. The number of aromatic nitrogens is 1. The van der Waals surface area contributed by atoms with Crippen LogP contribution in [-0.2, 0) is 11.3 Å². The first-order chi connectivity index (χ1) is 16.4. The summed E-state index contributed by atoms with van der Waals surface area (Å²) in [5.74, 6) is 2.84. The Morgan fingerprint density at radius 2 is 1.68 bits per heavy atom. The van der Waals surface area contributed by atoms with Gasteiger partial charge in [0.05, 0.1) is 47.8 Å². The molecule has 0 bridgehead atoms. The Kier molecular flexibility index (Phi) is 8.55. The fourth-order valence-electron chi connectivity index (χ4n) is 3.50. The van der Waals surface area contributed by atoms with E-state index in [1.165, 1.54) is 11.3 Å². The molecule has 1 N–H and O–H groups in total. The lowest BCUT2D eigenvalue weighted by Crippen LogP contribution is -2.30. The molecule has 0 radical (unpaired) electrons. The van der Waals surface area contributed by atoms with E-state index in [0.29, 0.717) is 46.1 Å². The molecule has 0 aliphatic carbocycles. The molecule has 0 saturated carbocycles. The molecule has 0 aliphatic rings. The lowest BCUT2D eigenvalue weighted by molar-refractivity contribution is -0.117. The molecule has 0 spiro atoms. The normalized spacial score (nSPS) is 10.7. The van der Waals surface area contributed by atoms with Crippen molar-refractivity contribution in [3.05, 3.63) is 41.3 Å². The van der Waals surface area contributed by atoms with Crippen LogP contribution < -0.4 is 29.0 Å². The number of carbonyl (C=O) groups is 1. The van der Waals surface area contributed by atoms with Crippen molar-refractivity contribution in [1.29, 1.82) is 0 Å². The smallest absolute Gasteiger partial charge is 0.240 e. The van der Waals surface area contributed by atoms with Crippen molar-refractivity contribution in [3.8, 4) is 40.0 Å². The minimum Gasteiger partial charge on any atom is -0.497 e. The topological polar surface area (TPSA) is 91.4 Å². The van der Waals surface area contributed by atoms with Crippen molar-refractivity contribution in [2.45, 2.75) is 6.54 Å². The van der Waals surface area contributed by atoms with Gasteiger partial charge in [-0.1, -0.05) is 6.07 Å². The zero-order valence-electron chi connectivity index (χ0n) is 20.1. The third kappa shape index (κ3) is 5.70. The van der Waals surface area contributed by atoms with E-state index in [1.54, 1.807) is 41.6 Å². The van der Waals surface area contributed by atoms with E-state index in [-0.39, 0.29) is 12.5 Å². The Balaban J connectivity index is 1.66. The van der Waals surface area contributed by atoms with Gasteiger partial charge in [0.25, 0.3) is 0 Å². The maximum absolute atomic E-state index is 12.6. The van der Waals surface area contributed by atoms with Crippen LogP contribution >= 0.6 is 11.3 Å². The number of benzene rings is 2. The molecule has 3 rings (SSSR count). The van der Waals surface area contributed by atoms with Crippen LogP contribution in [0, 0.1) is 0 Å².